The number of imide groups is 1. The summed E-state index contributed by atoms with van der Waals surface area (Å²) in [5.41, 5.74) is 2.83. The molecule has 5 amide bonds. The zero-order valence-electron chi connectivity index (χ0n) is 20.1. The van der Waals surface area contributed by atoms with Crippen molar-refractivity contribution in [1.29, 1.82) is 0 Å². The second-order valence-corrected chi connectivity index (χ2v) is 9.16. The molecule has 0 bridgehead atoms. The first-order chi connectivity index (χ1) is 17.2. The van der Waals surface area contributed by atoms with Crippen LogP contribution in [0.3, 0.4) is 0 Å². The molecule has 2 heterocycles. The molecule has 2 atom stereocenters. The summed E-state index contributed by atoms with van der Waals surface area (Å²) < 4.78 is 0. The number of hydrogen-bond donors (Lipinski definition) is 3. The zero-order chi connectivity index (χ0) is 25.8. The smallest absolute Gasteiger partial charge is 0.255 e. The molecule has 0 spiro atoms. The van der Waals surface area contributed by atoms with Gasteiger partial charge in [0.25, 0.3) is 11.8 Å². The summed E-state index contributed by atoms with van der Waals surface area (Å²) in [6, 6.07) is 13.7. The molecule has 0 aliphatic carbocycles. The predicted octanol–water partition coefficient (Wildman–Crippen LogP) is 1.40. The minimum absolute atomic E-state index is 0.123. The van der Waals surface area contributed by atoms with E-state index in [4.69, 9.17) is 0 Å². The standard InChI is InChI=1S/C27H28N4O5/c1-16(2)24(33)29-14-21(18-6-4-3-5-7-18)25(34)28-13-17-8-9-20-19(12-17)15-31(27(20)36)22-10-11-23(32)30-26(22)35/h3-12,16,21-22H,13-15H2,1-2H3,(H,28,34)(H,29,33)(H,30,32,35). The molecule has 9 nitrogen and oxygen atoms in total. The Morgan fingerprint density at radius 1 is 1.03 bits per heavy atom. The number of hydrogen-bond acceptors (Lipinski definition) is 5. The second-order valence-electron chi connectivity index (χ2n) is 9.16. The fourth-order valence-corrected chi connectivity index (χ4v) is 4.25. The van der Waals surface area contributed by atoms with E-state index in [0.29, 0.717) is 5.56 Å². The van der Waals surface area contributed by atoms with E-state index in [1.165, 1.54) is 17.1 Å². The van der Waals surface area contributed by atoms with Crippen LogP contribution in [0.2, 0.25) is 0 Å². The van der Waals surface area contributed by atoms with Gasteiger partial charge in [0.2, 0.25) is 17.7 Å². The molecule has 9 heteroatoms. The molecule has 0 aromatic heterocycles. The van der Waals surface area contributed by atoms with Crippen molar-refractivity contribution >= 4 is 29.5 Å². The molecule has 4 rings (SSSR count). The van der Waals surface area contributed by atoms with Crippen LogP contribution in [-0.4, -0.2) is 47.0 Å². The molecule has 2 unspecified atom stereocenters. The molecule has 0 saturated carbocycles. The SMILES string of the molecule is CC(C)C(=O)NCC(C(=O)NCc1ccc2c(c1)CN(C1C=CC(=O)NC1=O)C2=O)c1ccccc1. The van der Waals surface area contributed by atoms with Gasteiger partial charge in [-0.2, -0.15) is 0 Å². The summed E-state index contributed by atoms with van der Waals surface area (Å²) in [6.45, 7) is 4.23. The van der Waals surface area contributed by atoms with Gasteiger partial charge in [0, 0.05) is 37.2 Å². The molecular formula is C27H28N4O5. The van der Waals surface area contributed by atoms with E-state index >= 15 is 0 Å². The Balaban J connectivity index is 1.43. The lowest BCUT2D eigenvalue weighted by Gasteiger charge is -2.25. The third-order valence-electron chi connectivity index (χ3n) is 6.27. The van der Waals surface area contributed by atoms with E-state index in [9.17, 15) is 24.0 Å². The number of amides is 5. The predicted molar refractivity (Wildman–Crippen MR) is 131 cm³/mol. The fourth-order valence-electron chi connectivity index (χ4n) is 4.25. The van der Waals surface area contributed by atoms with Gasteiger partial charge in [-0.3, -0.25) is 29.3 Å². The summed E-state index contributed by atoms with van der Waals surface area (Å²) in [4.78, 5) is 63.0. The van der Waals surface area contributed by atoms with Gasteiger partial charge >= 0.3 is 0 Å². The molecule has 36 heavy (non-hydrogen) atoms. The maximum Gasteiger partial charge on any atom is 0.255 e. The van der Waals surface area contributed by atoms with Crippen LogP contribution in [0.5, 0.6) is 0 Å². The Hall–Kier alpha value is -4.27. The Morgan fingerprint density at radius 3 is 2.47 bits per heavy atom. The van der Waals surface area contributed by atoms with Gasteiger partial charge in [-0.25, -0.2) is 0 Å². The van der Waals surface area contributed by atoms with Crippen LogP contribution in [0.4, 0.5) is 0 Å². The topological polar surface area (TPSA) is 125 Å². The normalized spacial score (nSPS) is 17.6. The lowest BCUT2D eigenvalue weighted by molar-refractivity contribution is -0.131. The fraction of sp³-hybridized carbons (Fsp3) is 0.296. The van der Waals surface area contributed by atoms with E-state index in [0.717, 1.165) is 16.7 Å². The highest BCUT2D eigenvalue weighted by molar-refractivity contribution is 6.09. The summed E-state index contributed by atoms with van der Waals surface area (Å²) in [5.74, 6) is -2.42. The highest BCUT2D eigenvalue weighted by Crippen LogP contribution is 2.27. The van der Waals surface area contributed by atoms with Crippen molar-refractivity contribution in [3.05, 3.63) is 82.9 Å². The van der Waals surface area contributed by atoms with Crippen molar-refractivity contribution < 1.29 is 24.0 Å². The van der Waals surface area contributed by atoms with Gasteiger partial charge in [0.1, 0.15) is 6.04 Å². The zero-order valence-corrected chi connectivity index (χ0v) is 20.1. The van der Waals surface area contributed by atoms with Gasteiger partial charge in [0.15, 0.2) is 0 Å². The highest BCUT2D eigenvalue weighted by Gasteiger charge is 2.37. The first-order valence-electron chi connectivity index (χ1n) is 11.8. The molecule has 0 fully saturated rings. The minimum atomic E-state index is -0.849. The molecule has 0 saturated heterocycles. The molecule has 0 radical (unpaired) electrons. The first kappa shape index (κ1) is 24.8. The quantitative estimate of drug-likeness (QED) is 0.485. The molecule has 186 valence electrons. The summed E-state index contributed by atoms with van der Waals surface area (Å²) >= 11 is 0. The van der Waals surface area contributed by atoms with Crippen molar-refractivity contribution in [3.63, 3.8) is 0 Å². The highest BCUT2D eigenvalue weighted by atomic mass is 16.2. The molecule has 2 aromatic rings. The lowest BCUT2D eigenvalue weighted by atomic mass is 9.97. The number of benzene rings is 2. The van der Waals surface area contributed by atoms with E-state index < -0.39 is 23.8 Å². The van der Waals surface area contributed by atoms with Gasteiger partial charge in [-0.1, -0.05) is 56.3 Å². The number of nitrogens with one attached hydrogen (secondary N) is 3. The van der Waals surface area contributed by atoms with E-state index in [1.807, 2.05) is 36.4 Å². The van der Waals surface area contributed by atoms with Crippen LogP contribution < -0.4 is 16.0 Å². The third kappa shape index (κ3) is 5.35. The minimum Gasteiger partial charge on any atom is -0.355 e. The van der Waals surface area contributed by atoms with Gasteiger partial charge in [0.05, 0.1) is 5.92 Å². The van der Waals surface area contributed by atoms with Gasteiger partial charge in [-0.05, 0) is 28.8 Å². The Morgan fingerprint density at radius 2 is 1.78 bits per heavy atom. The van der Waals surface area contributed by atoms with Crippen LogP contribution in [0.1, 0.15) is 46.8 Å². The van der Waals surface area contributed by atoms with Crippen molar-refractivity contribution in [1.82, 2.24) is 20.9 Å². The number of carbonyl (C=O) groups excluding carboxylic acids is 5. The number of nitrogens with zero attached hydrogens (tertiary/aromatic N) is 1. The number of rotatable bonds is 8. The maximum absolute atomic E-state index is 13.1. The van der Waals surface area contributed by atoms with E-state index in [-0.39, 0.29) is 43.3 Å². The number of carbonyl (C=O) groups is 5. The van der Waals surface area contributed by atoms with Crippen LogP contribution in [0.15, 0.2) is 60.7 Å². The summed E-state index contributed by atoms with van der Waals surface area (Å²) in [5, 5.41) is 7.99. The van der Waals surface area contributed by atoms with Crippen molar-refractivity contribution in [2.45, 2.75) is 38.9 Å². The van der Waals surface area contributed by atoms with Crippen LogP contribution in [-0.2, 0) is 32.3 Å². The maximum atomic E-state index is 13.1. The molecule has 3 N–H and O–H groups in total. The summed E-state index contributed by atoms with van der Waals surface area (Å²) in [7, 11) is 0. The molecule has 2 aromatic carbocycles. The first-order valence-corrected chi connectivity index (χ1v) is 11.8. The Bertz CT molecular complexity index is 1240. The Kier molecular flexibility index (Phi) is 7.28. The number of fused-ring (bicyclic) bond motifs is 1. The third-order valence-corrected chi connectivity index (χ3v) is 6.27. The van der Waals surface area contributed by atoms with Gasteiger partial charge < -0.3 is 15.5 Å². The van der Waals surface area contributed by atoms with Crippen LogP contribution in [0, 0.1) is 5.92 Å². The average molecular weight is 489 g/mol. The van der Waals surface area contributed by atoms with Crippen molar-refractivity contribution in [2.75, 3.05) is 6.54 Å². The van der Waals surface area contributed by atoms with E-state index in [2.05, 4.69) is 16.0 Å². The lowest BCUT2D eigenvalue weighted by Crippen LogP contribution is -2.49. The van der Waals surface area contributed by atoms with Crippen molar-refractivity contribution in [2.24, 2.45) is 5.92 Å². The average Bonchev–Trinajstić information content (AvgIpc) is 3.18. The molecule has 2 aliphatic heterocycles. The van der Waals surface area contributed by atoms with Crippen LogP contribution in [0.25, 0.3) is 0 Å². The van der Waals surface area contributed by atoms with Crippen LogP contribution >= 0.6 is 0 Å². The monoisotopic (exact) mass is 488 g/mol. The van der Waals surface area contributed by atoms with Gasteiger partial charge in [-0.15, -0.1) is 0 Å². The second kappa shape index (κ2) is 10.6. The largest absolute Gasteiger partial charge is 0.355 e. The Labute approximate surface area is 208 Å². The molecular weight excluding hydrogens is 460 g/mol. The summed E-state index contributed by atoms with van der Waals surface area (Å²) in [6.07, 6.45) is 2.67. The van der Waals surface area contributed by atoms with E-state index in [1.54, 1.807) is 26.0 Å². The van der Waals surface area contributed by atoms with Crippen molar-refractivity contribution in [3.8, 4) is 0 Å². The molecule has 2 aliphatic rings.